The van der Waals surface area contributed by atoms with Crippen LogP contribution in [-0.4, -0.2) is 46.5 Å². The van der Waals surface area contributed by atoms with Crippen LogP contribution in [0.15, 0.2) is 12.4 Å². The fourth-order valence-electron chi connectivity index (χ4n) is 3.12. The normalized spacial score (nSPS) is 29.7. The largest absolute Gasteiger partial charge is 0.372 e. The number of ether oxygens (including phenoxy) is 1. The van der Waals surface area contributed by atoms with Crippen molar-refractivity contribution in [1.29, 1.82) is 0 Å². The minimum Gasteiger partial charge on any atom is -0.372 e. The third-order valence-corrected chi connectivity index (χ3v) is 4.10. The van der Waals surface area contributed by atoms with E-state index in [0.29, 0.717) is 18.8 Å². The molecule has 3 heterocycles. The molecule has 0 spiro atoms. The van der Waals surface area contributed by atoms with Crippen LogP contribution in [-0.2, 0) is 11.3 Å². The Balaban J connectivity index is 1.75. The number of morpholine rings is 1. The van der Waals surface area contributed by atoms with Gasteiger partial charge < -0.3 is 10.5 Å². The summed E-state index contributed by atoms with van der Waals surface area (Å²) >= 11 is 0. The maximum atomic E-state index is 5.98. The molecule has 0 saturated carbocycles. The van der Waals surface area contributed by atoms with Crippen LogP contribution in [0.5, 0.6) is 0 Å². The summed E-state index contributed by atoms with van der Waals surface area (Å²) in [4.78, 5) is 2.48. The van der Waals surface area contributed by atoms with E-state index in [-0.39, 0.29) is 6.04 Å². The van der Waals surface area contributed by atoms with Crippen molar-refractivity contribution in [2.24, 2.45) is 5.73 Å². The van der Waals surface area contributed by atoms with Crippen LogP contribution in [0, 0.1) is 0 Å². The molecule has 1 aromatic rings. The molecule has 2 fully saturated rings. The Labute approximate surface area is 108 Å². The van der Waals surface area contributed by atoms with Gasteiger partial charge in [0, 0.05) is 37.9 Å². The number of hydrogen-bond acceptors (Lipinski definition) is 4. The second kappa shape index (κ2) is 4.99. The van der Waals surface area contributed by atoms with Gasteiger partial charge in [-0.1, -0.05) is 0 Å². The van der Waals surface area contributed by atoms with E-state index in [2.05, 4.69) is 23.1 Å². The lowest BCUT2D eigenvalue weighted by Gasteiger charge is -2.37. The molecule has 1 aromatic heterocycles. The van der Waals surface area contributed by atoms with E-state index >= 15 is 0 Å². The zero-order chi connectivity index (χ0) is 12.5. The number of nitrogens with zero attached hydrogens (tertiary/aromatic N) is 3. The van der Waals surface area contributed by atoms with E-state index in [1.165, 1.54) is 18.4 Å². The highest BCUT2D eigenvalue weighted by molar-refractivity contribution is 5.12. The summed E-state index contributed by atoms with van der Waals surface area (Å²) in [5, 5.41) is 4.36. The summed E-state index contributed by atoms with van der Waals surface area (Å²) in [6, 6.07) is 0.289. The van der Waals surface area contributed by atoms with Gasteiger partial charge in [0.2, 0.25) is 0 Å². The lowest BCUT2D eigenvalue weighted by molar-refractivity contribution is -0.0521. The van der Waals surface area contributed by atoms with Crippen LogP contribution in [0.3, 0.4) is 0 Å². The van der Waals surface area contributed by atoms with Gasteiger partial charge in [0.25, 0.3) is 0 Å². The Bertz CT molecular complexity index is 393. The van der Waals surface area contributed by atoms with E-state index in [1.807, 2.05) is 10.9 Å². The van der Waals surface area contributed by atoms with E-state index < -0.39 is 0 Å². The maximum absolute atomic E-state index is 5.98. The van der Waals surface area contributed by atoms with Crippen molar-refractivity contribution in [3.63, 3.8) is 0 Å². The molecule has 0 radical (unpaired) electrons. The molecule has 5 heteroatoms. The van der Waals surface area contributed by atoms with Crippen molar-refractivity contribution >= 4 is 0 Å². The molecule has 3 unspecified atom stereocenters. The summed E-state index contributed by atoms with van der Waals surface area (Å²) < 4.78 is 7.85. The first kappa shape index (κ1) is 12.1. The van der Waals surface area contributed by atoms with Crippen molar-refractivity contribution in [3.05, 3.63) is 18.0 Å². The van der Waals surface area contributed by atoms with Gasteiger partial charge in [-0.25, -0.2) is 0 Å². The average Bonchev–Trinajstić information content (AvgIpc) is 2.98. The van der Waals surface area contributed by atoms with E-state index in [1.54, 1.807) is 0 Å². The second-order valence-corrected chi connectivity index (χ2v) is 5.29. The molecule has 0 aromatic carbocycles. The first-order valence-corrected chi connectivity index (χ1v) is 6.92. The Morgan fingerprint density at radius 3 is 2.72 bits per heavy atom. The lowest BCUT2D eigenvalue weighted by Crippen LogP contribution is -2.46. The molecule has 2 saturated heterocycles. The summed E-state index contributed by atoms with van der Waals surface area (Å²) in [6.07, 6.45) is 7.31. The van der Waals surface area contributed by atoms with E-state index in [0.717, 1.165) is 19.6 Å². The fraction of sp³-hybridized carbons (Fsp3) is 0.769. The van der Waals surface area contributed by atoms with Crippen LogP contribution < -0.4 is 5.73 Å². The molecular formula is C13H22N4O. The Kier molecular flexibility index (Phi) is 3.37. The molecule has 3 atom stereocenters. The molecule has 5 nitrogen and oxygen atoms in total. The summed E-state index contributed by atoms with van der Waals surface area (Å²) in [7, 11) is 0. The van der Waals surface area contributed by atoms with Gasteiger partial charge >= 0.3 is 0 Å². The molecule has 2 aliphatic heterocycles. The lowest BCUT2D eigenvalue weighted by atomic mass is 10.1. The van der Waals surface area contributed by atoms with Crippen LogP contribution >= 0.6 is 0 Å². The van der Waals surface area contributed by atoms with Crippen LogP contribution in [0.25, 0.3) is 0 Å². The molecule has 2 aliphatic rings. The fourth-order valence-corrected chi connectivity index (χ4v) is 3.12. The average molecular weight is 250 g/mol. The number of nitrogens with two attached hydrogens (primary N) is 1. The van der Waals surface area contributed by atoms with Crippen LogP contribution in [0.4, 0.5) is 0 Å². The van der Waals surface area contributed by atoms with Crippen molar-refractivity contribution in [2.75, 3.05) is 19.6 Å². The predicted octanol–water partition coefficient (Wildman–Crippen LogP) is 0.766. The van der Waals surface area contributed by atoms with Crippen LogP contribution in [0.1, 0.15) is 31.4 Å². The highest BCUT2D eigenvalue weighted by Gasteiger charge is 2.36. The molecule has 18 heavy (non-hydrogen) atoms. The number of aromatic nitrogens is 2. The quantitative estimate of drug-likeness (QED) is 0.857. The predicted molar refractivity (Wildman–Crippen MR) is 69.2 cm³/mol. The molecule has 100 valence electrons. The Morgan fingerprint density at radius 1 is 1.44 bits per heavy atom. The zero-order valence-corrected chi connectivity index (χ0v) is 11.0. The number of hydrogen-bond donors (Lipinski definition) is 1. The number of likely N-dealkylation sites (tertiary alicyclic amines) is 1. The van der Waals surface area contributed by atoms with Crippen molar-refractivity contribution in [3.8, 4) is 0 Å². The third-order valence-electron chi connectivity index (χ3n) is 4.10. The Morgan fingerprint density at radius 2 is 2.17 bits per heavy atom. The van der Waals surface area contributed by atoms with Gasteiger partial charge in [-0.3, -0.25) is 9.58 Å². The number of fused-ring (bicyclic) bond motifs is 2. The van der Waals surface area contributed by atoms with Gasteiger partial charge in [0.05, 0.1) is 24.4 Å². The van der Waals surface area contributed by atoms with Crippen molar-refractivity contribution in [1.82, 2.24) is 14.7 Å². The third kappa shape index (κ3) is 2.18. The molecule has 3 rings (SSSR count). The van der Waals surface area contributed by atoms with Gasteiger partial charge in [0.15, 0.2) is 0 Å². The number of rotatable bonds is 4. The zero-order valence-electron chi connectivity index (χ0n) is 11.0. The van der Waals surface area contributed by atoms with Gasteiger partial charge in [0.1, 0.15) is 0 Å². The van der Waals surface area contributed by atoms with E-state index in [4.69, 9.17) is 10.5 Å². The smallest absolute Gasteiger partial charge is 0.0707 e. The topological polar surface area (TPSA) is 56.3 Å². The summed E-state index contributed by atoms with van der Waals surface area (Å²) in [5.74, 6) is 0. The Hall–Kier alpha value is -0.910. The summed E-state index contributed by atoms with van der Waals surface area (Å²) in [6.45, 7) is 5.68. The molecule has 2 bridgehead atoms. The highest BCUT2D eigenvalue weighted by Crippen LogP contribution is 2.31. The van der Waals surface area contributed by atoms with Gasteiger partial charge in [-0.05, 0) is 19.8 Å². The van der Waals surface area contributed by atoms with Crippen molar-refractivity contribution < 1.29 is 4.74 Å². The molecule has 0 aliphatic carbocycles. The van der Waals surface area contributed by atoms with E-state index in [9.17, 15) is 0 Å². The maximum Gasteiger partial charge on any atom is 0.0707 e. The highest BCUT2D eigenvalue weighted by atomic mass is 16.5. The van der Waals surface area contributed by atoms with Gasteiger partial charge in [-0.15, -0.1) is 0 Å². The molecule has 2 N–H and O–H groups in total. The first-order valence-electron chi connectivity index (χ1n) is 6.92. The minimum absolute atomic E-state index is 0.289. The first-order chi connectivity index (χ1) is 8.80. The van der Waals surface area contributed by atoms with Crippen LogP contribution in [0.2, 0.25) is 0 Å². The summed E-state index contributed by atoms with van der Waals surface area (Å²) in [5.41, 5.74) is 7.21. The SMILES string of the molecule is CCn1cc(C(CN)N2CC3CCC(C2)O3)cn1. The number of aryl methyl sites for hydroxylation is 1. The second-order valence-electron chi connectivity index (χ2n) is 5.29. The monoisotopic (exact) mass is 250 g/mol. The standard InChI is InChI=1S/C13H22N4O/c1-2-17-7-10(6-15-17)13(5-14)16-8-11-3-4-12(9-16)18-11/h6-7,11-13H,2-5,8-9,14H2,1H3. The van der Waals surface area contributed by atoms with Gasteiger partial charge in [-0.2, -0.15) is 5.10 Å². The molecule has 0 amide bonds. The minimum atomic E-state index is 0.289. The molecular weight excluding hydrogens is 228 g/mol. The van der Waals surface area contributed by atoms with Crippen molar-refractivity contribution in [2.45, 2.75) is 44.6 Å².